The van der Waals surface area contributed by atoms with Gasteiger partial charge in [0.15, 0.2) is 5.78 Å². The van der Waals surface area contributed by atoms with Gasteiger partial charge in [-0.05, 0) is 148 Å². The number of ketones is 1. The van der Waals surface area contributed by atoms with Gasteiger partial charge in [0.25, 0.3) is 0 Å². The number of urea groups is 1. The molecule has 11 unspecified atom stereocenters. The quantitative estimate of drug-likeness (QED) is 0.184. The molecule has 54 heavy (non-hydrogen) atoms. The second kappa shape index (κ2) is 12.3. The number of rotatable bonds is 8. The minimum atomic E-state index is -1.13. The van der Waals surface area contributed by atoms with Gasteiger partial charge in [0.1, 0.15) is 5.75 Å². The molecule has 4 bridgehead atoms. The van der Waals surface area contributed by atoms with E-state index in [1.54, 1.807) is 18.4 Å². The van der Waals surface area contributed by atoms with Crippen molar-refractivity contribution < 1.29 is 24.5 Å². The molecule has 2 aromatic rings. The summed E-state index contributed by atoms with van der Waals surface area (Å²) in [6, 6.07) is 11.3. The van der Waals surface area contributed by atoms with Crippen molar-refractivity contribution in [2.75, 3.05) is 25.5 Å². The Labute approximate surface area is 325 Å². The van der Waals surface area contributed by atoms with Gasteiger partial charge in [-0.15, -0.1) is 11.3 Å². The summed E-state index contributed by atoms with van der Waals surface area (Å²) in [7, 11) is 1.64. The van der Waals surface area contributed by atoms with Crippen LogP contribution in [0.25, 0.3) is 0 Å². The molecule has 1 aromatic heterocycles. The molecule has 1 heterocycles. The van der Waals surface area contributed by atoms with Gasteiger partial charge in [0, 0.05) is 38.9 Å². The maximum absolute atomic E-state index is 14.9. The second-order valence-electron chi connectivity index (χ2n) is 19.8. The van der Waals surface area contributed by atoms with Crippen LogP contribution in [0.4, 0.5) is 10.5 Å². The zero-order valence-electron chi connectivity index (χ0n) is 33.1. The Kier molecular flexibility index (Phi) is 8.34. The number of nitrogens with one attached hydrogen (secondary N) is 1. The maximum atomic E-state index is 14.9. The van der Waals surface area contributed by atoms with E-state index < -0.39 is 16.4 Å². The van der Waals surface area contributed by atoms with Gasteiger partial charge in [0.2, 0.25) is 0 Å². The van der Waals surface area contributed by atoms with E-state index in [0.29, 0.717) is 36.9 Å². The van der Waals surface area contributed by atoms with E-state index in [1.165, 1.54) is 12.8 Å². The highest BCUT2D eigenvalue weighted by atomic mass is 32.1. The number of anilines is 1. The number of ether oxygens (including phenoxy) is 1. The van der Waals surface area contributed by atoms with Crippen molar-refractivity contribution in [3.05, 3.63) is 70.0 Å². The fourth-order valence-corrected chi connectivity index (χ4v) is 15.0. The van der Waals surface area contributed by atoms with Crippen LogP contribution in [0, 0.1) is 63.6 Å². The van der Waals surface area contributed by atoms with Crippen molar-refractivity contribution >= 4 is 28.8 Å². The fourth-order valence-electron chi connectivity index (χ4n) is 14.2. The van der Waals surface area contributed by atoms with Crippen molar-refractivity contribution in [2.45, 2.75) is 111 Å². The first-order valence-electron chi connectivity index (χ1n) is 20.7. The summed E-state index contributed by atoms with van der Waals surface area (Å²) in [5, 5.41) is 27.6. The first-order valence-corrected chi connectivity index (χ1v) is 21.6. The Balaban J connectivity index is 1.08. The molecule has 11 rings (SSSR count). The number of aliphatic hydroxyl groups excluding tert-OH is 1. The number of hydrogen-bond acceptors (Lipinski definition) is 6. The highest BCUT2D eigenvalue weighted by Crippen LogP contribution is 2.78. The van der Waals surface area contributed by atoms with Crippen LogP contribution in [0.2, 0.25) is 0 Å². The predicted octanol–water partition coefficient (Wildman–Crippen LogP) is 9.45. The molecule has 6 fully saturated rings. The molecule has 3 N–H and O–H groups in total. The molecule has 0 saturated heterocycles. The van der Waals surface area contributed by atoms with Crippen LogP contribution in [0.15, 0.2) is 60.2 Å². The van der Waals surface area contributed by atoms with E-state index in [0.717, 1.165) is 65.5 Å². The highest BCUT2D eigenvalue weighted by Gasteiger charge is 2.74. The molecule has 2 spiro atoms. The van der Waals surface area contributed by atoms with Crippen LogP contribution < -0.4 is 10.1 Å². The Morgan fingerprint density at radius 2 is 1.65 bits per heavy atom. The van der Waals surface area contributed by atoms with Crippen LogP contribution in [0.3, 0.4) is 0 Å². The van der Waals surface area contributed by atoms with Gasteiger partial charge in [0.05, 0.1) is 30.2 Å². The largest absolute Gasteiger partial charge is 0.497 e. The SMILES string of the molecule is COc1ccc(NC(=O)N(CC2CCC3CC2C3(C)C)CC2(O)CCC3C45C=CC6(C=C4C(=O)c4ccc(C)s4)CC(O)CCC6(C)C5CCC32C)cc1. The maximum Gasteiger partial charge on any atom is 0.321 e. The summed E-state index contributed by atoms with van der Waals surface area (Å²) in [5.41, 5.74) is -0.729. The highest BCUT2D eigenvalue weighted by molar-refractivity contribution is 7.14. The molecule has 0 radical (unpaired) electrons. The number of fused-ring (bicyclic) bond motifs is 3. The van der Waals surface area contributed by atoms with E-state index in [2.05, 4.69) is 58.2 Å². The number of hydrogen-bond donors (Lipinski definition) is 3. The van der Waals surface area contributed by atoms with E-state index in [9.17, 15) is 19.8 Å². The molecule has 9 aliphatic rings. The molecule has 11 atom stereocenters. The number of carbonyl (C=O) groups excluding carboxylic acids is 2. The third-order valence-corrected chi connectivity index (χ3v) is 18.5. The van der Waals surface area contributed by atoms with Gasteiger partial charge in [-0.25, -0.2) is 4.79 Å². The van der Waals surface area contributed by atoms with E-state index in [4.69, 9.17) is 4.74 Å². The number of aryl methyl sites for hydroxylation is 1. The molecule has 290 valence electrons. The van der Waals surface area contributed by atoms with Crippen LogP contribution in [-0.4, -0.2) is 58.8 Å². The van der Waals surface area contributed by atoms with Crippen molar-refractivity contribution in [3.8, 4) is 5.75 Å². The first kappa shape index (κ1) is 36.7. The Morgan fingerprint density at radius 3 is 2.33 bits per heavy atom. The third-order valence-electron chi connectivity index (χ3n) is 17.5. The summed E-state index contributed by atoms with van der Waals surface area (Å²) in [5.74, 6) is 2.86. The lowest BCUT2D eigenvalue weighted by atomic mass is 9.32. The predicted molar refractivity (Wildman–Crippen MR) is 214 cm³/mol. The summed E-state index contributed by atoms with van der Waals surface area (Å²) in [4.78, 5) is 33.2. The Morgan fingerprint density at radius 1 is 0.926 bits per heavy atom. The molecule has 0 aliphatic heterocycles. The first-order chi connectivity index (χ1) is 25.6. The number of allylic oxidation sites excluding steroid dienone is 4. The molecular weight excluding hydrogens is 693 g/mol. The second-order valence-corrected chi connectivity index (χ2v) is 21.1. The van der Waals surface area contributed by atoms with Gasteiger partial charge in [-0.2, -0.15) is 0 Å². The lowest BCUT2D eigenvalue weighted by Gasteiger charge is -2.71. The van der Waals surface area contributed by atoms with E-state index >= 15 is 0 Å². The Hall–Kier alpha value is -2.94. The number of amides is 2. The molecular formula is C46H60N2O5S. The number of methoxy groups -OCH3 is 1. The summed E-state index contributed by atoms with van der Waals surface area (Å²) in [6.07, 6.45) is 15.7. The van der Waals surface area contributed by atoms with Crippen LogP contribution >= 0.6 is 11.3 Å². The van der Waals surface area contributed by atoms with Crippen LogP contribution in [0.1, 0.15) is 106 Å². The molecule has 1 aromatic carbocycles. The molecule has 6 saturated carbocycles. The topological polar surface area (TPSA) is 99.1 Å². The van der Waals surface area contributed by atoms with Gasteiger partial charge in [-0.1, -0.05) is 45.9 Å². The average Bonchev–Trinajstić information content (AvgIpc) is 3.70. The summed E-state index contributed by atoms with van der Waals surface area (Å²) < 4.78 is 5.37. The van der Waals surface area contributed by atoms with Crippen molar-refractivity contribution in [2.24, 2.45) is 56.7 Å². The van der Waals surface area contributed by atoms with Crippen molar-refractivity contribution in [1.29, 1.82) is 0 Å². The van der Waals surface area contributed by atoms with Crippen LogP contribution in [-0.2, 0) is 0 Å². The number of benzene rings is 1. The monoisotopic (exact) mass is 752 g/mol. The molecule has 2 amide bonds. The zero-order valence-corrected chi connectivity index (χ0v) is 33.9. The minimum absolute atomic E-state index is 0.0377. The number of Topliss-reactive ketones (excluding diaryl/α,β-unsaturated/α-hetero) is 1. The van der Waals surface area contributed by atoms with Crippen molar-refractivity contribution in [3.63, 3.8) is 0 Å². The molecule has 9 aliphatic carbocycles. The minimum Gasteiger partial charge on any atom is -0.497 e. The summed E-state index contributed by atoms with van der Waals surface area (Å²) >= 11 is 1.57. The van der Waals surface area contributed by atoms with Gasteiger partial charge >= 0.3 is 6.03 Å². The smallest absolute Gasteiger partial charge is 0.321 e. The molecule has 7 nitrogen and oxygen atoms in total. The van der Waals surface area contributed by atoms with E-state index in [1.807, 2.05) is 41.3 Å². The van der Waals surface area contributed by atoms with Crippen LogP contribution in [0.5, 0.6) is 5.75 Å². The van der Waals surface area contributed by atoms with Crippen molar-refractivity contribution in [1.82, 2.24) is 4.90 Å². The number of carbonyl (C=O) groups is 2. The molecule has 8 heteroatoms. The standard InChI is InChI=1S/C46H60N2O5S/c1-28-7-14-36(54-28)39(50)35-25-44-21-22-46(35)37(42(44,4)18-15-32(49)24-44)16-19-43(5)38(46)17-20-45(43,52)27-48(26-29-8-9-30-23-34(29)41(30,2)3)40(51)47-31-10-12-33(53-6)13-11-31/h7,10-14,21-22,25,29-30,32,34,37-38,49,52H,8-9,15-20,23-24,26-27H2,1-6H3,(H,47,51). The number of nitrogens with zero attached hydrogens (tertiary/aromatic N) is 1. The average molecular weight is 753 g/mol. The van der Waals surface area contributed by atoms with Gasteiger partial charge < -0.3 is 25.2 Å². The third kappa shape index (κ3) is 4.97. The lowest BCUT2D eigenvalue weighted by Crippen LogP contribution is -2.67. The Bertz CT molecular complexity index is 1910. The lowest BCUT2D eigenvalue weighted by molar-refractivity contribution is -0.176. The normalized spacial score (nSPS) is 42.2. The van der Waals surface area contributed by atoms with E-state index in [-0.39, 0.29) is 52.5 Å². The zero-order chi connectivity index (χ0) is 38.1. The number of thiophene rings is 1. The number of aliphatic hydroxyl groups is 2. The van der Waals surface area contributed by atoms with Gasteiger partial charge in [-0.3, -0.25) is 4.79 Å². The summed E-state index contributed by atoms with van der Waals surface area (Å²) in [6.45, 7) is 12.5. The fraction of sp³-hybridized carbons (Fsp3) is 0.652.